The van der Waals surface area contributed by atoms with E-state index in [2.05, 4.69) is 15.3 Å². The van der Waals surface area contributed by atoms with Gasteiger partial charge in [-0.25, -0.2) is 13.1 Å². The molecule has 0 aliphatic carbocycles. The fraction of sp³-hybridized carbons (Fsp3) is 0.304. The van der Waals surface area contributed by atoms with Crippen LogP contribution in [0.15, 0.2) is 42.5 Å². The van der Waals surface area contributed by atoms with E-state index >= 15 is 0 Å². The second-order valence-electron chi connectivity index (χ2n) is 9.11. The maximum absolute atomic E-state index is 13.2. The van der Waals surface area contributed by atoms with Gasteiger partial charge >= 0.3 is 6.18 Å². The minimum absolute atomic E-state index is 0.0280. The number of carbonyl (C=O) groups is 1. The van der Waals surface area contributed by atoms with E-state index in [1.165, 1.54) is 10.7 Å². The summed E-state index contributed by atoms with van der Waals surface area (Å²) in [5, 5.41) is 11.1. The Kier molecular flexibility index (Phi) is 5.96. The van der Waals surface area contributed by atoms with E-state index in [0.717, 1.165) is 0 Å². The molecular formula is C23H18ClF3N4O3S2. The molecule has 1 atom stereocenters. The third kappa shape index (κ3) is 4.64. The molecule has 1 saturated heterocycles. The van der Waals surface area contributed by atoms with Crippen molar-refractivity contribution >= 4 is 49.5 Å². The van der Waals surface area contributed by atoms with Gasteiger partial charge in [0.15, 0.2) is 15.6 Å². The van der Waals surface area contributed by atoms with Crippen LogP contribution in [0.5, 0.6) is 0 Å². The number of alkyl halides is 3. The molecule has 0 N–H and O–H groups in total. The Bertz CT molecular complexity index is 1610. The number of halogens is 4. The van der Waals surface area contributed by atoms with Gasteiger partial charge < -0.3 is 0 Å². The predicted molar refractivity (Wildman–Crippen MR) is 130 cm³/mol. The summed E-state index contributed by atoms with van der Waals surface area (Å²) in [6.45, 7) is 1.77. The number of hydrogen-bond acceptors (Lipinski definition) is 7. The van der Waals surface area contributed by atoms with Crippen LogP contribution in [0.25, 0.3) is 27.3 Å². The average molecular weight is 555 g/mol. The molecule has 188 valence electrons. The van der Waals surface area contributed by atoms with Crippen molar-refractivity contribution in [3.63, 3.8) is 0 Å². The van der Waals surface area contributed by atoms with E-state index in [1.54, 1.807) is 43.3 Å². The molecule has 4 aromatic rings. The van der Waals surface area contributed by atoms with Crippen LogP contribution < -0.4 is 0 Å². The highest BCUT2D eigenvalue weighted by molar-refractivity contribution is 7.91. The predicted octanol–water partition coefficient (Wildman–Crippen LogP) is 5.61. The van der Waals surface area contributed by atoms with E-state index in [0.29, 0.717) is 50.5 Å². The minimum atomic E-state index is -4.66. The second-order valence-corrected chi connectivity index (χ2v) is 12.7. The molecule has 13 heteroatoms. The molecule has 36 heavy (non-hydrogen) atoms. The molecule has 2 aromatic carbocycles. The first kappa shape index (κ1) is 24.8. The van der Waals surface area contributed by atoms with Gasteiger partial charge in [-0.3, -0.25) is 4.79 Å². The van der Waals surface area contributed by atoms with Crippen molar-refractivity contribution in [3.8, 4) is 16.4 Å². The van der Waals surface area contributed by atoms with Crippen molar-refractivity contribution in [2.45, 2.75) is 25.9 Å². The molecule has 7 nitrogen and oxygen atoms in total. The van der Waals surface area contributed by atoms with E-state index in [-0.39, 0.29) is 28.8 Å². The monoisotopic (exact) mass is 554 g/mol. The molecular weight excluding hydrogens is 537 g/mol. The highest BCUT2D eigenvalue weighted by Crippen LogP contribution is 2.39. The summed E-state index contributed by atoms with van der Waals surface area (Å²) >= 11 is 6.70. The Hall–Kier alpha value is -2.83. The average Bonchev–Trinajstić information content (AvgIpc) is 3.49. The summed E-state index contributed by atoms with van der Waals surface area (Å²) in [5.41, 5.74) is 0.943. The van der Waals surface area contributed by atoms with Crippen LogP contribution in [-0.4, -0.2) is 45.7 Å². The van der Waals surface area contributed by atoms with Crippen LogP contribution in [0.1, 0.15) is 35.1 Å². The highest BCUT2D eigenvalue weighted by Gasteiger charge is 2.40. The molecule has 0 saturated carbocycles. The molecule has 1 unspecified atom stereocenters. The zero-order chi connectivity index (χ0) is 25.9. The lowest BCUT2D eigenvalue weighted by atomic mass is 9.83. The van der Waals surface area contributed by atoms with Crippen LogP contribution in [0.3, 0.4) is 0 Å². The SMILES string of the molecule is CC1(CC(=O)c2ccc3c(-c4ccccc4Cl)nn(-c4nnc(C(F)(F)F)s4)c3c2)CCS(=O)(=O)C1. The number of sulfone groups is 1. The lowest BCUT2D eigenvalue weighted by Crippen LogP contribution is -2.22. The third-order valence-electron chi connectivity index (χ3n) is 6.14. The molecule has 0 bridgehead atoms. The van der Waals surface area contributed by atoms with E-state index < -0.39 is 26.4 Å². The normalized spacial score (nSPS) is 19.7. The largest absolute Gasteiger partial charge is 0.445 e. The van der Waals surface area contributed by atoms with Gasteiger partial charge in [-0.15, -0.1) is 10.2 Å². The maximum atomic E-state index is 13.2. The van der Waals surface area contributed by atoms with Crippen LogP contribution in [0.2, 0.25) is 5.02 Å². The Morgan fingerprint density at radius 1 is 1.19 bits per heavy atom. The first-order valence-corrected chi connectivity index (χ1v) is 13.8. The van der Waals surface area contributed by atoms with Gasteiger partial charge in [-0.05, 0) is 30.0 Å². The number of aromatic nitrogens is 4. The van der Waals surface area contributed by atoms with Crippen LogP contribution in [0, 0.1) is 5.41 Å². The summed E-state index contributed by atoms with van der Waals surface area (Å²) in [4.78, 5) is 13.2. The zero-order valence-electron chi connectivity index (χ0n) is 18.7. The Balaban J connectivity index is 1.62. The first-order valence-electron chi connectivity index (χ1n) is 10.8. The van der Waals surface area contributed by atoms with Gasteiger partial charge in [0.1, 0.15) is 5.69 Å². The summed E-state index contributed by atoms with van der Waals surface area (Å²) in [5.74, 6) is -0.285. The van der Waals surface area contributed by atoms with Gasteiger partial charge in [0.25, 0.3) is 0 Å². The summed E-state index contributed by atoms with van der Waals surface area (Å²) in [7, 11) is -3.18. The van der Waals surface area contributed by atoms with Crippen molar-refractivity contribution in [1.29, 1.82) is 0 Å². The van der Waals surface area contributed by atoms with Gasteiger partial charge in [-0.2, -0.15) is 18.3 Å². The Morgan fingerprint density at radius 2 is 1.94 bits per heavy atom. The molecule has 1 aliphatic rings. The minimum Gasteiger partial charge on any atom is -0.294 e. The lowest BCUT2D eigenvalue weighted by Gasteiger charge is -2.20. The van der Waals surface area contributed by atoms with Gasteiger partial charge in [0, 0.05) is 22.9 Å². The highest BCUT2D eigenvalue weighted by atomic mass is 35.5. The smallest absolute Gasteiger partial charge is 0.294 e. The number of nitrogens with zero attached hydrogens (tertiary/aromatic N) is 4. The molecule has 0 amide bonds. The third-order valence-corrected chi connectivity index (χ3v) is 9.38. The summed E-state index contributed by atoms with van der Waals surface area (Å²) < 4.78 is 64.7. The van der Waals surface area contributed by atoms with E-state index in [9.17, 15) is 26.4 Å². The zero-order valence-corrected chi connectivity index (χ0v) is 21.1. The first-order chi connectivity index (χ1) is 16.9. The fourth-order valence-electron chi connectivity index (χ4n) is 4.41. The molecule has 1 aliphatic heterocycles. The number of fused-ring (bicyclic) bond motifs is 1. The summed E-state index contributed by atoms with van der Waals surface area (Å²) in [6, 6.07) is 11.7. The molecule has 1 fully saturated rings. The van der Waals surface area contributed by atoms with Crippen molar-refractivity contribution in [2.24, 2.45) is 5.41 Å². The maximum Gasteiger partial charge on any atom is 0.445 e. The van der Waals surface area contributed by atoms with Gasteiger partial charge in [0.2, 0.25) is 10.1 Å². The number of benzene rings is 2. The topological polar surface area (TPSA) is 94.8 Å². The second kappa shape index (κ2) is 8.63. The van der Waals surface area contributed by atoms with Crippen molar-refractivity contribution in [2.75, 3.05) is 11.5 Å². The van der Waals surface area contributed by atoms with E-state index in [4.69, 9.17) is 11.6 Å². The molecule has 5 rings (SSSR count). The number of ketones is 1. The van der Waals surface area contributed by atoms with Crippen LogP contribution in [-0.2, 0) is 16.0 Å². The van der Waals surface area contributed by atoms with Crippen molar-refractivity contribution < 1.29 is 26.4 Å². The number of Topliss-reactive ketones (excluding diaryl/α,β-unsaturated/α-hetero) is 1. The Morgan fingerprint density at radius 3 is 2.58 bits per heavy atom. The van der Waals surface area contributed by atoms with E-state index in [1.807, 2.05) is 0 Å². The fourth-order valence-corrected chi connectivity index (χ4v) is 7.57. The molecule has 2 aromatic heterocycles. The van der Waals surface area contributed by atoms with Crippen LogP contribution in [0.4, 0.5) is 13.2 Å². The Labute approximate surface area is 212 Å². The standard InChI is InChI=1S/C23H18ClF3N4O3S2/c1-22(8-9-36(33,34)12-22)11-18(32)13-6-7-15-17(10-13)31(21-29-28-20(35-21)23(25,26)27)30-19(15)14-4-2-3-5-16(14)24/h2-7,10H,8-9,11-12H2,1H3. The number of rotatable bonds is 5. The number of carbonyl (C=O) groups excluding carboxylic acids is 1. The molecule has 0 spiro atoms. The van der Waals surface area contributed by atoms with Crippen LogP contribution >= 0.6 is 22.9 Å². The quantitative estimate of drug-likeness (QED) is 0.297. The van der Waals surface area contributed by atoms with Gasteiger partial charge in [-0.1, -0.05) is 54.1 Å². The lowest BCUT2D eigenvalue weighted by molar-refractivity contribution is -0.138. The van der Waals surface area contributed by atoms with Crippen molar-refractivity contribution in [3.05, 3.63) is 58.1 Å². The molecule has 0 radical (unpaired) electrons. The summed E-state index contributed by atoms with van der Waals surface area (Å²) in [6.07, 6.45) is -4.24. The van der Waals surface area contributed by atoms with Crippen molar-refractivity contribution in [1.82, 2.24) is 20.0 Å². The molecule has 3 heterocycles. The number of hydrogen-bond donors (Lipinski definition) is 0. The van der Waals surface area contributed by atoms with Gasteiger partial charge in [0.05, 0.1) is 22.0 Å².